The molecule has 1 rings (SSSR count). The molecule has 0 aliphatic rings. The van der Waals surface area contributed by atoms with E-state index in [1.54, 1.807) is 17.9 Å². The lowest BCUT2D eigenvalue weighted by Crippen LogP contribution is -2.41. The van der Waals surface area contributed by atoms with E-state index in [1.807, 2.05) is 13.0 Å². The van der Waals surface area contributed by atoms with Gasteiger partial charge in [-0.1, -0.05) is 0 Å². The Balaban J connectivity index is 2.79. The number of rotatable bonds is 2. The zero-order valence-corrected chi connectivity index (χ0v) is 7.48. The third kappa shape index (κ3) is 2.05. The molecule has 0 radical (unpaired) electrons. The second-order valence-electron chi connectivity index (χ2n) is 2.32. The van der Waals surface area contributed by atoms with Gasteiger partial charge in [0.1, 0.15) is 0 Å². The van der Waals surface area contributed by atoms with Gasteiger partial charge in [0.25, 0.3) is 0 Å². The normalized spacial score (nSPS) is 11.1. The SMILES string of the molecule is CN=C(NNC=O)n1nccc1C. The summed E-state index contributed by atoms with van der Waals surface area (Å²) in [5.74, 6) is 0.467. The van der Waals surface area contributed by atoms with E-state index in [9.17, 15) is 4.79 Å². The van der Waals surface area contributed by atoms with Crippen molar-refractivity contribution in [1.82, 2.24) is 20.6 Å². The van der Waals surface area contributed by atoms with E-state index >= 15 is 0 Å². The highest BCUT2D eigenvalue weighted by molar-refractivity contribution is 5.82. The van der Waals surface area contributed by atoms with Gasteiger partial charge < -0.3 is 0 Å². The van der Waals surface area contributed by atoms with Crippen LogP contribution >= 0.6 is 0 Å². The second-order valence-corrected chi connectivity index (χ2v) is 2.32. The van der Waals surface area contributed by atoms with Crippen molar-refractivity contribution in [2.24, 2.45) is 4.99 Å². The molecule has 6 nitrogen and oxygen atoms in total. The third-order valence-corrected chi connectivity index (χ3v) is 1.49. The molecule has 2 N–H and O–H groups in total. The lowest BCUT2D eigenvalue weighted by atomic mass is 10.5. The summed E-state index contributed by atoms with van der Waals surface area (Å²) in [5.41, 5.74) is 5.82. The van der Waals surface area contributed by atoms with Crippen molar-refractivity contribution < 1.29 is 4.79 Å². The van der Waals surface area contributed by atoms with Crippen LogP contribution < -0.4 is 10.9 Å². The van der Waals surface area contributed by atoms with Crippen molar-refractivity contribution in [3.05, 3.63) is 18.0 Å². The first-order chi connectivity index (χ1) is 6.29. The summed E-state index contributed by atoms with van der Waals surface area (Å²) < 4.78 is 1.58. The molecule has 0 aliphatic heterocycles. The first-order valence-corrected chi connectivity index (χ1v) is 3.72. The van der Waals surface area contributed by atoms with Crippen molar-refractivity contribution in [2.75, 3.05) is 7.05 Å². The lowest BCUT2D eigenvalue weighted by Gasteiger charge is -2.08. The van der Waals surface area contributed by atoms with Crippen molar-refractivity contribution >= 4 is 12.4 Å². The van der Waals surface area contributed by atoms with Gasteiger partial charge in [0.15, 0.2) is 0 Å². The number of carbonyl (C=O) groups is 1. The van der Waals surface area contributed by atoms with Gasteiger partial charge in [-0.15, -0.1) is 0 Å². The summed E-state index contributed by atoms with van der Waals surface area (Å²) in [5, 5.41) is 4.01. The number of aryl methyl sites for hydroxylation is 1. The van der Waals surface area contributed by atoms with Crippen molar-refractivity contribution in [3.63, 3.8) is 0 Å². The molecule has 1 amide bonds. The Kier molecular flexibility index (Phi) is 3.02. The fourth-order valence-corrected chi connectivity index (χ4v) is 0.889. The van der Waals surface area contributed by atoms with Crippen LogP contribution in [0.1, 0.15) is 5.69 Å². The molecule has 0 saturated carbocycles. The van der Waals surface area contributed by atoms with Crippen molar-refractivity contribution in [2.45, 2.75) is 6.92 Å². The zero-order valence-electron chi connectivity index (χ0n) is 7.48. The Bertz CT molecular complexity index is 316. The Morgan fingerprint density at radius 2 is 2.54 bits per heavy atom. The molecule has 13 heavy (non-hydrogen) atoms. The predicted octanol–water partition coefficient (Wildman–Crippen LogP) is -0.724. The Hall–Kier alpha value is -1.85. The van der Waals surface area contributed by atoms with Crippen LogP contribution in [0.15, 0.2) is 17.3 Å². The van der Waals surface area contributed by atoms with Gasteiger partial charge in [-0.2, -0.15) is 5.10 Å². The van der Waals surface area contributed by atoms with E-state index in [-0.39, 0.29) is 0 Å². The smallest absolute Gasteiger partial charge is 0.238 e. The minimum atomic E-state index is 0.467. The molecule has 0 spiro atoms. The number of aliphatic imine (C=N–C) groups is 1. The monoisotopic (exact) mass is 181 g/mol. The van der Waals surface area contributed by atoms with Crippen LogP contribution in [-0.4, -0.2) is 29.2 Å². The van der Waals surface area contributed by atoms with E-state index < -0.39 is 0 Å². The van der Waals surface area contributed by atoms with Gasteiger partial charge in [-0.3, -0.25) is 20.6 Å². The van der Waals surface area contributed by atoms with Crippen LogP contribution in [0.5, 0.6) is 0 Å². The highest BCUT2D eigenvalue weighted by Gasteiger charge is 2.02. The summed E-state index contributed by atoms with van der Waals surface area (Å²) in [6.45, 7) is 1.89. The number of hydrogen-bond acceptors (Lipinski definition) is 3. The zero-order chi connectivity index (χ0) is 9.68. The van der Waals surface area contributed by atoms with E-state index in [4.69, 9.17) is 0 Å². The number of amides is 1. The molecule has 0 atom stereocenters. The standard InChI is InChI=1S/C7H11N5O/c1-6-3-4-10-12(6)7(8-2)11-9-5-13/h3-5H,1-2H3,(H,8,11)(H,9,13). The van der Waals surface area contributed by atoms with Crippen molar-refractivity contribution in [3.8, 4) is 0 Å². The molecular formula is C7H11N5O. The molecule has 70 valence electrons. The van der Waals surface area contributed by atoms with Gasteiger partial charge in [-0.05, 0) is 13.0 Å². The number of aromatic nitrogens is 2. The largest absolute Gasteiger partial charge is 0.277 e. The maximum atomic E-state index is 10.0. The van der Waals surface area contributed by atoms with Crippen LogP contribution in [-0.2, 0) is 4.79 Å². The van der Waals surface area contributed by atoms with Crippen LogP contribution in [0.4, 0.5) is 0 Å². The number of nitrogens with one attached hydrogen (secondary N) is 2. The average Bonchev–Trinajstić information content (AvgIpc) is 2.54. The molecule has 0 fully saturated rings. The first kappa shape index (κ1) is 9.24. The molecular weight excluding hydrogens is 170 g/mol. The molecule has 0 bridgehead atoms. The summed E-state index contributed by atoms with van der Waals surface area (Å²) in [4.78, 5) is 13.9. The Morgan fingerprint density at radius 1 is 1.77 bits per heavy atom. The number of hydrogen-bond donors (Lipinski definition) is 2. The molecule has 0 aromatic carbocycles. The summed E-state index contributed by atoms with van der Waals surface area (Å²) in [6.07, 6.45) is 2.19. The predicted molar refractivity (Wildman–Crippen MR) is 48.1 cm³/mol. The van der Waals surface area contributed by atoms with Gasteiger partial charge in [0.2, 0.25) is 12.4 Å². The highest BCUT2D eigenvalue weighted by Crippen LogP contribution is 1.93. The van der Waals surface area contributed by atoms with E-state index in [0.29, 0.717) is 12.4 Å². The second kappa shape index (κ2) is 4.24. The molecule has 0 saturated heterocycles. The fraction of sp³-hybridized carbons (Fsp3) is 0.286. The van der Waals surface area contributed by atoms with Gasteiger partial charge in [0.05, 0.1) is 0 Å². The minimum absolute atomic E-state index is 0.467. The van der Waals surface area contributed by atoms with Crippen molar-refractivity contribution in [1.29, 1.82) is 0 Å². The molecule has 0 unspecified atom stereocenters. The fourth-order valence-electron chi connectivity index (χ4n) is 0.889. The van der Waals surface area contributed by atoms with Crippen LogP contribution in [0.25, 0.3) is 0 Å². The quantitative estimate of drug-likeness (QED) is 0.273. The molecule has 1 aromatic rings. The summed E-state index contributed by atoms with van der Waals surface area (Å²) in [6, 6.07) is 1.84. The van der Waals surface area contributed by atoms with Crippen LogP contribution in [0.3, 0.4) is 0 Å². The average molecular weight is 181 g/mol. The summed E-state index contributed by atoms with van der Waals surface area (Å²) >= 11 is 0. The topological polar surface area (TPSA) is 71.3 Å². The maximum absolute atomic E-state index is 10.0. The van der Waals surface area contributed by atoms with Gasteiger partial charge >= 0.3 is 0 Å². The summed E-state index contributed by atoms with van der Waals surface area (Å²) in [7, 11) is 1.61. The number of hydrazine groups is 1. The number of carbonyl (C=O) groups excluding carboxylic acids is 1. The van der Waals surface area contributed by atoms with Gasteiger partial charge in [0, 0.05) is 18.9 Å². The van der Waals surface area contributed by atoms with E-state index in [1.165, 1.54) is 0 Å². The molecule has 1 aromatic heterocycles. The molecule has 6 heteroatoms. The third-order valence-electron chi connectivity index (χ3n) is 1.49. The Labute approximate surface area is 75.6 Å². The number of nitrogens with zero attached hydrogens (tertiary/aromatic N) is 3. The first-order valence-electron chi connectivity index (χ1n) is 3.72. The van der Waals surface area contributed by atoms with E-state index in [2.05, 4.69) is 20.9 Å². The lowest BCUT2D eigenvalue weighted by molar-refractivity contribution is -0.110. The maximum Gasteiger partial charge on any atom is 0.238 e. The molecule has 1 heterocycles. The van der Waals surface area contributed by atoms with Gasteiger partial charge in [-0.25, -0.2) is 4.68 Å². The van der Waals surface area contributed by atoms with E-state index in [0.717, 1.165) is 5.69 Å². The minimum Gasteiger partial charge on any atom is -0.277 e. The highest BCUT2D eigenvalue weighted by atomic mass is 16.1. The molecule has 0 aliphatic carbocycles. The van der Waals surface area contributed by atoms with Crippen LogP contribution in [0.2, 0.25) is 0 Å². The Morgan fingerprint density at radius 3 is 3.00 bits per heavy atom. The van der Waals surface area contributed by atoms with Crippen LogP contribution in [0, 0.1) is 6.92 Å².